The predicted octanol–water partition coefficient (Wildman–Crippen LogP) is 4.42. The molecule has 1 aliphatic heterocycles. The van der Waals surface area contributed by atoms with Crippen LogP contribution in [0.25, 0.3) is 6.08 Å². The van der Waals surface area contributed by atoms with Crippen LogP contribution in [0.2, 0.25) is 0 Å². The van der Waals surface area contributed by atoms with E-state index in [2.05, 4.69) is 62.1 Å². The summed E-state index contributed by atoms with van der Waals surface area (Å²) in [5.41, 5.74) is 2.40. The van der Waals surface area contributed by atoms with Crippen molar-refractivity contribution in [1.29, 1.82) is 0 Å². The standard InChI is InChI=1S/C20H22BrFN2/c21-19-15-18(8-9-20(19)22)16-24-13-11-23(12-14-24)10-4-7-17-5-2-1-3-6-17/h1-9,15H,10-14,16H2. The number of rotatable bonds is 5. The number of hydrogen-bond donors (Lipinski definition) is 0. The van der Waals surface area contributed by atoms with Crippen LogP contribution in [0, 0.1) is 5.82 Å². The Kier molecular flexibility index (Phi) is 6.18. The lowest BCUT2D eigenvalue weighted by Crippen LogP contribution is -2.45. The molecule has 126 valence electrons. The van der Waals surface area contributed by atoms with E-state index in [0.29, 0.717) is 4.47 Å². The molecule has 0 amide bonds. The number of piperazine rings is 1. The van der Waals surface area contributed by atoms with Crippen molar-refractivity contribution in [3.8, 4) is 0 Å². The highest BCUT2D eigenvalue weighted by atomic mass is 79.9. The molecule has 0 aliphatic carbocycles. The number of halogens is 2. The molecule has 1 heterocycles. The molecule has 0 saturated carbocycles. The summed E-state index contributed by atoms with van der Waals surface area (Å²) < 4.78 is 13.8. The van der Waals surface area contributed by atoms with Crippen LogP contribution in [0.1, 0.15) is 11.1 Å². The molecule has 4 heteroatoms. The maximum atomic E-state index is 13.3. The molecule has 1 saturated heterocycles. The minimum absolute atomic E-state index is 0.200. The molecule has 0 N–H and O–H groups in total. The van der Waals surface area contributed by atoms with Crippen molar-refractivity contribution in [2.24, 2.45) is 0 Å². The van der Waals surface area contributed by atoms with Crippen molar-refractivity contribution < 1.29 is 4.39 Å². The van der Waals surface area contributed by atoms with Crippen molar-refractivity contribution in [3.05, 3.63) is 76.0 Å². The molecule has 0 unspecified atom stereocenters. The molecule has 0 spiro atoms. The third-order valence-electron chi connectivity index (χ3n) is 4.33. The fourth-order valence-electron chi connectivity index (χ4n) is 2.93. The van der Waals surface area contributed by atoms with E-state index in [0.717, 1.165) is 44.8 Å². The van der Waals surface area contributed by atoms with Gasteiger partial charge < -0.3 is 0 Å². The first-order valence-corrected chi connectivity index (χ1v) is 9.10. The van der Waals surface area contributed by atoms with Gasteiger partial charge in [-0.1, -0.05) is 48.6 Å². The Hall–Kier alpha value is -1.49. The molecule has 2 aromatic rings. The quantitative estimate of drug-likeness (QED) is 0.747. The van der Waals surface area contributed by atoms with Crippen molar-refractivity contribution in [1.82, 2.24) is 9.80 Å². The lowest BCUT2D eigenvalue weighted by atomic mass is 10.2. The highest BCUT2D eigenvalue weighted by molar-refractivity contribution is 9.10. The Bertz CT molecular complexity index is 679. The van der Waals surface area contributed by atoms with E-state index in [9.17, 15) is 4.39 Å². The zero-order chi connectivity index (χ0) is 16.8. The van der Waals surface area contributed by atoms with Crippen LogP contribution in [0.15, 0.2) is 59.1 Å². The van der Waals surface area contributed by atoms with Gasteiger partial charge in [0.1, 0.15) is 5.82 Å². The summed E-state index contributed by atoms with van der Waals surface area (Å²) in [6.45, 7) is 6.11. The molecular weight excluding hydrogens is 367 g/mol. The molecule has 0 radical (unpaired) electrons. The van der Waals surface area contributed by atoms with Gasteiger partial charge in [0.15, 0.2) is 0 Å². The van der Waals surface area contributed by atoms with Gasteiger partial charge in [-0.15, -0.1) is 0 Å². The maximum Gasteiger partial charge on any atom is 0.137 e. The van der Waals surface area contributed by atoms with Gasteiger partial charge in [-0.05, 0) is 39.2 Å². The van der Waals surface area contributed by atoms with Crippen LogP contribution in [0.4, 0.5) is 4.39 Å². The number of benzene rings is 2. The van der Waals surface area contributed by atoms with Gasteiger partial charge >= 0.3 is 0 Å². The van der Waals surface area contributed by atoms with Gasteiger partial charge in [0.2, 0.25) is 0 Å². The number of nitrogens with zero attached hydrogens (tertiary/aromatic N) is 2. The van der Waals surface area contributed by atoms with Crippen molar-refractivity contribution in [2.75, 3.05) is 32.7 Å². The molecule has 24 heavy (non-hydrogen) atoms. The summed E-state index contributed by atoms with van der Waals surface area (Å²) in [5, 5.41) is 0. The van der Waals surface area contributed by atoms with Crippen LogP contribution < -0.4 is 0 Å². The molecule has 1 aliphatic rings. The van der Waals surface area contributed by atoms with E-state index >= 15 is 0 Å². The highest BCUT2D eigenvalue weighted by Crippen LogP contribution is 2.18. The van der Waals surface area contributed by atoms with Gasteiger partial charge in [-0.25, -0.2) is 4.39 Å². The first kappa shape index (κ1) is 17.3. The van der Waals surface area contributed by atoms with E-state index < -0.39 is 0 Å². The molecule has 2 aromatic carbocycles. The summed E-state index contributed by atoms with van der Waals surface area (Å²) in [5.74, 6) is -0.200. The first-order chi connectivity index (χ1) is 11.7. The lowest BCUT2D eigenvalue weighted by molar-refractivity contribution is 0.137. The fraction of sp³-hybridized carbons (Fsp3) is 0.300. The summed E-state index contributed by atoms with van der Waals surface area (Å²) >= 11 is 3.26. The molecular formula is C20H22BrFN2. The summed E-state index contributed by atoms with van der Waals surface area (Å²) in [6.07, 6.45) is 4.42. The van der Waals surface area contributed by atoms with Crippen molar-refractivity contribution >= 4 is 22.0 Å². The predicted molar refractivity (Wildman–Crippen MR) is 101 cm³/mol. The van der Waals surface area contributed by atoms with Gasteiger partial charge in [0.05, 0.1) is 4.47 Å². The van der Waals surface area contributed by atoms with Gasteiger partial charge in [0.25, 0.3) is 0 Å². The fourth-order valence-corrected chi connectivity index (χ4v) is 3.35. The van der Waals surface area contributed by atoms with Crippen LogP contribution in [-0.2, 0) is 6.54 Å². The monoisotopic (exact) mass is 388 g/mol. The smallest absolute Gasteiger partial charge is 0.137 e. The highest BCUT2D eigenvalue weighted by Gasteiger charge is 2.16. The Morgan fingerprint density at radius 3 is 2.38 bits per heavy atom. The second kappa shape index (κ2) is 8.56. The molecule has 2 nitrogen and oxygen atoms in total. The normalized spacial score (nSPS) is 16.8. The Labute approximate surface area is 151 Å². The molecule has 3 rings (SSSR count). The zero-order valence-corrected chi connectivity index (χ0v) is 15.3. The van der Waals surface area contributed by atoms with Crippen LogP contribution >= 0.6 is 15.9 Å². The summed E-state index contributed by atoms with van der Waals surface area (Å²) in [4.78, 5) is 4.90. The molecule has 0 bridgehead atoms. The first-order valence-electron chi connectivity index (χ1n) is 8.31. The molecule has 1 fully saturated rings. The van der Waals surface area contributed by atoms with E-state index in [1.54, 1.807) is 0 Å². The SMILES string of the molecule is Fc1ccc(CN2CCN(CC=Cc3ccccc3)CC2)cc1Br. The minimum Gasteiger partial charge on any atom is -0.297 e. The second-order valence-corrected chi connectivity index (χ2v) is 6.99. The second-order valence-electron chi connectivity index (χ2n) is 6.14. The van der Waals surface area contributed by atoms with Crippen molar-refractivity contribution in [2.45, 2.75) is 6.54 Å². The summed E-state index contributed by atoms with van der Waals surface area (Å²) in [7, 11) is 0. The zero-order valence-electron chi connectivity index (χ0n) is 13.7. The summed E-state index contributed by atoms with van der Waals surface area (Å²) in [6, 6.07) is 15.7. The van der Waals surface area contributed by atoms with E-state index in [1.807, 2.05) is 18.2 Å². The lowest BCUT2D eigenvalue weighted by Gasteiger charge is -2.34. The maximum absolute atomic E-state index is 13.3. The topological polar surface area (TPSA) is 6.48 Å². The number of hydrogen-bond acceptors (Lipinski definition) is 2. The third-order valence-corrected chi connectivity index (χ3v) is 4.94. The Balaban J connectivity index is 1.44. The van der Waals surface area contributed by atoms with Gasteiger partial charge in [-0.3, -0.25) is 9.80 Å². The van der Waals surface area contributed by atoms with E-state index in [4.69, 9.17) is 0 Å². The van der Waals surface area contributed by atoms with Crippen LogP contribution in [0.5, 0.6) is 0 Å². The molecule has 0 atom stereocenters. The Morgan fingerprint density at radius 2 is 1.67 bits per heavy atom. The Morgan fingerprint density at radius 1 is 0.958 bits per heavy atom. The van der Waals surface area contributed by atoms with Crippen molar-refractivity contribution in [3.63, 3.8) is 0 Å². The minimum atomic E-state index is -0.200. The van der Waals surface area contributed by atoms with E-state index in [1.165, 1.54) is 11.6 Å². The van der Waals surface area contributed by atoms with Crippen LogP contribution in [-0.4, -0.2) is 42.5 Å². The van der Waals surface area contributed by atoms with Gasteiger partial charge in [-0.2, -0.15) is 0 Å². The van der Waals surface area contributed by atoms with Crippen LogP contribution in [0.3, 0.4) is 0 Å². The van der Waals surface area contributed by atoms with Gasteiger partial charge in [0, 0.05) is 39.3 Å². The largest absolute Gasteiger partial charge is 0.297 e. The third kappa shape index (κ3) is 5.00. The molecule has 0 aromatic heterocycles. The average Bonchev–Trinajstić information content (AvgIpc) is 2.61. The average molecular weight is 389 g/mol. The van der Waals surface area contributed by atoms with E-state index in [-0.39, 0.29) is 5.82 Å².